The van der Waals surface area contributed by atoms with Crippen LogP contribution in [0.15, 0.2) is 0 Å². The largest absolute Gasteiger partial charge is 0.433 e. The van der Waals surface area contributed by atoms with Gasteiger partial charge in [-0.2, -0.15) is 13.2 Å². The maximum Gasteiger partial charge on any atom is 0.406 e. The number of nitrogens with two attached hydrogens (primary N) is 1. The third kappa shape index (κ3) is 3.01. The van der Waals surface area contributed by atoms with Crippen molar-refractivity contribution in [2.75, 3.05) is 13.6 Å². The first kappa shape index (κ1) is 12.6. The maximum atomic E-state index is 12.0. The molecule has 0 heterocycles. The molecule has 1 fully saturated rings. The molecule has 0 spiro atoms. The third-order valence-corrected chi connectivity index (χ3v) is 2.15. The Kier molecular flexibility index (Phi) is 3.02. The number of carbonyl (C=O) groups excluding carboxylic acids is 2. The van der Waals surface area contributed by atoms with Crippen molar-refractivity contribution in [1.29, 1.82) is 0 Å². The molecular weight excluding hydrogens is 229 g/mol. The summed E-state index contributed by atoms with van der Waals surface area (Å²) < 4.78 is 40.6. The standard InChI is InChI=1S/C8H11F3N2O3/c1-13(4-8(9,10)11)5(14)7(2-3-7)16-6(12)15/h2-4H2,1H3,(H2,12,15). The minimum absolute atomic E-state index is 0.205. The van der Waals surface area contributed by atoms with Crippen molar-refractivity contribution in [2.24, 2.45) is 5.73 Å². The van der Waals surface area contributed by atoms with E-state index in [4.69, 9.17) is 5.73 Å². The second-order valence-corrected chi connectivity index (χ2v) is 3.69. The van der Waals surface area contributed by atoms with Crippen LogP contribution in [-0.2, 0) is 9.53 Å². The van der Waals surface area contributed by atoms with E-state index in [1.807, 2.05) is 0 Å². The lowest BCUT2D eigenvalue weighted by molar-refractivity contribution is -0.164. The molecule has 0 unspecified atom stereocenters. The highest BCUT2D eigenvalue weighted by atomic mass is 19.4. The van der Waals surface area contributed by atoms with Crippen LogP contribution in [0.5, 0.6) is 0 Å². The molecule has 0 aromatic rings. The van der Waals surface area contributed by atoms with Crippen molar-refractivity contribution in [3.05, 3.63) is 0 Å². The highest BCUT2D eigenvalue weighted by Crippen LogP contribution is 2.41. The molecule has 0 radical (unpaired) electrons. The van der Waals surface area contributed by atoms with Crippen LogP contribution in [0.4, 0.5) is 18.0 Å². The number of alkyl halides is 3. The molecule has 0 bridgehead atoms. The summed E-state index contributed by atoms with van der Waals surface area (Å²) in [7, 11) is 1.00. The van der Waals surface area contributed by atoms with E-state index in [0.29, 0.717) is 4.90 Å². The monoisotopic (exact) mass is 240 g/mol. The number of hydrogen-bond acceptors (Lipinski definition) is 3. The van der Waals surface area contributed by atoms with Gasteiger partial charge in [0.1, 0.15) is 6.54 Å². The molecule has 1 aliphatic rings. The summed E-state index contributed by atoms with van der Waals surface area (Å²) in [6.45, 7) is -1.38. The highest BCUT2D eigenvalue weighted by molar-refractivity contribution is 5.90. The lowest BCUT2D eigenvalue weighted by Gasteiger charge is -2.23. The Morgan fingerprint density at radius 2 is 1.94 bits per heavy atom. The first-order chi connectivity index (χ1) is 7.16. The molecule has 2 N–H and O–H groups in total. The summed E-state index contributed by atoms with van der Waals surface area (Å²) in [6, 6.07) is 0. The molecule has 1 aliphatic carbocycles. The average molecular weight is 240 g/mol. The van der Waals surface area contributed by atoms with E-state index in [9.17, 15) is 22.8 Å². The van der Waals surface area contributed by atoms with Gasteiger partial charge >= 0.3 is 12.3 Å². The van der Waals surface area contributed by atoms with Gasteiger partial charge < -0.3 is 15.4 Å². The van der Waals surface area contributed by atoms with Crippen molar-refractivity contribution in [2.45, 2.75) is 24.6 Å². The van der Waals surface area contributed by atoms with Crippen molar-refractivity contribution >= 4 is 12.0 Å². The summed E-state index contributed by atoms with van der Waals surface area (Å²) in [4.78, 5) is 22.5. The number of amides is 2. The van der Waals surface area contributed by atoms with E-state index in [1.54, 1.807) is 0 Å². The van der Waals surface area contributed by atoms with Crippen LogP contribution in [0.25, 0.3) is 0 Å². The number of ether oxygens (including phenoxy) is 1. The van der Waals surface area contributed by atoms with Crippen LogP contribution in [0.2, 0.25) is 0 Å². The zero-order chi connectivity index (χ0) is 12.6. The summed E-state index contributed by atoms with van der Waals surface area (Å²) in [5.74, 6) is -0.872. The van der Waals surface area contributed by atoms with Crippen LogP contribution in [-0.4, -0.2) is 42.3 Å². The SMILES string of the molecule is CN(CC(F)(F)F)C(=O)C1(OC(N)=O)CC1. The molecule has 5 nitrogen and oxygen atoms in total. The topological polar surface area (TPSA) is 72.6 Å². The van der Waals surface area contributed by atoms with Gasteiger partial charge in [0, 0.05) is 19.9 Å². The summed E-state index contributed by atoms with van der Waals surface area (Å²) in [5, 5.41) is 0. The maximum absolute atomic E-state index is 12.0. The fourth-order valence-electron chi connectivity index (χ4n) is 1.35. The van der Waals surface area contributed by atoms with Crippen molar-refractivity contribution < 1.29 is 27.5 Å². The van der Waals surface area contributed by atoms with Crippen LogP contribution in [0.1, 0.15) is 12.8 Å². The number of hydrogen-bond donors (Lipinski definition) is 1. The molecule has 8 heteroatoms. The lowest BCUT2D eigenvalue weighted by Crippen LogP contribution is -2.45. The summed E-state index contributed by atoms with van der Waals surface area (Å²) in [5.41, 5.74) is 3.26. The molecule has 0 saturated heterocycles. The quantitative estimate of drug-likeness (QED) is 0.786. The van der Waals surface area contributed by atoms with E-state index in [2.05, 4.69) is 4.74 Å². The van der Waals surface area contributed by atoms with E-state index < -0.39 is 30.3 Å². The number of nitrogens with zero attached hydrogens (tertiary/aromatic N) is 1. The Morgan fingerprint density at radius 3 is 2.25 bits per heavy atom. The first-order valence-electron chi connectivity index (χ1n) is 4.47. The molecule has 0 aromatic heterocycles. The Hall–Kier alpha value is -1.47. The van der Waals surface area contributed by atoms with Gasteiger partial charge in [-0.15, -0.1) is 0 Å². The minimum Gasteiger partial charge on any atom is -0.433 e. The van der Waals surface area contributed by atoms with E-state index in [1.165, 1.54) is 0 Å². The predicted molar refractivity (Wildman–Crippen MR) is 46.3 cm³/mol. The average Bonchev–Trinajstić information content (AvgIpc) is 2.80. The zero-order valence-corrected chi connectivity index (χ0v) is 8.50. The summed E-state index contributed by atoms with van der Waals surface area (Å²) >= 11 is 0. The van der Waals surface area contributed by atoms with Gasteiger partial charge in [0.25, 0.3) is 5.91 Å². The fraction of sp³-hybridized carbons (Fsp3) is 0.750. The zero-order valence-electron chi connectivity index (χ0n) is 8.50. The Balaban J connectivity index is 2.61. The Bertz CT molecular complexity index is 312. The molecular formula is C8H11F3N2O3. The predicted octanol–water partition coefficient (Wildman–Crippen LogP) is 0.635. The van der Waals surface area contributed by atoms with Gasteiger partial charge in [-0.25, -0.2) is 4.79 Å². The number of carbonyl (C=O) groups is 2. The van der Waals surface area contributed by atoms with E-state index in [0.717, 1.165) is 7.05 Å². The third-order valence-electron chi connectivity index (χ3n) is 2.15. The Labute approximate surface area is 89.3 Å². The number of likely N-dealkylation sites (N-methyl/N-ethyl adjacent to an activating group) is 1. The molecule has 1 rings (SSSR count). The molecule has 2 amide bonds. The van der Waals surface area contributed by atoms with Crippen LogP contribution in [0, 0.1) is 0 Å². The van der Waals surface area contributed by atoms with Crippen LogP contribution in [0.3, 0.4) is 0 Å². The Morgan fingerprint density at radius 1 is 1.44 bits per heavy atom. The van der Waals surface area contributed by atoms with Crippen molar-refractivity contribution in [3.63, 3.8) is 0 Å². The van der Waals surface area contributed by atoms with Gasteiger partial charge in [0.2, 0.25) is 0 Å². The summed E-state index contributed by atoms with van der Waals surface area (Å²) in [6.07, 6.45) is -5.23. The van der Waals surface area contributed by atoms with Crippen molar-refractivity contribution in [1.82, 2.24) is 4.90 Å². The molecule has 16 heavy (non-hydrogen) atoms. The molecule has 92 valence electrons. The second-order valence-electron chi connectivity index (χ2n) is 3.69. The van der Waals surface area contributed by atoms with Gasteiger partial charge in [0.05, 0.1) is 0 Å². The minimum atomic E-state index is -4.48. The highest BCUT2D eigenvalue weighted by Gasteiger charge is 2.56. The van der Waals surface area contributed by atoms with Gasteiger partial charge in [0.15, 0.2) is 5.60 Å². The van der Waals surface area contributed by atoms with Crippen molar-refractivity contribution in [3.8, 4) is 0 Å². The molecule has 0 aliphatic heterocycles. The lowest BCUT2D eigenvalue weighted by atomic mass is 10.3. The van der Waals surface area contributed by atoms with E-state index in [-0.39, 0.29) is 12.8 Å². The second kappa shape index (κ2) is 3.84. The fourth-order valence-corrected chi connectivity index (χ4v) is 1.35. The number of primary amides is 1. The molecule has 0 aromatic carbocycles. The smallest absolute Gasteiger partial charge is 0.406 e. The number of rotatable bonds is 3. The first-order valence-corrected chi connectivity index (χ1v) is 4.47. The van der Waals surface area contributed by atoms with Crippen LogP contribution >= 0.6 is 0 Å². The van der Waals surface area contributed by atoms with Crippen LogP contribution < -0.4 is 5.73 Å². The molecule has 1 saturated carbocycles. The van der Waals surface area contributed by atoms with E-state index >= 15 is 0 Å². The number of halogens is 3. The molecule has 0 atom stereocenters. The normalized spacial score (nSPS) is 17.8. The van der Waals surface area contributed by atoms with Gasteiger partial charge in [-0.1, -0.05) is 0 Å². The van der Waals surface area contributed by atoms with Gasteiger partial charge in [-0.3, -0.25) is 4.79 Å². The van der Waals surface area contributed by atoms with Gasteiger partial charge in [-0.05, 0) is 0 Å².